The second kappa shape index (κ2) is 11.5. The van der Waals surface area contributed by atoms with Crippen LogP contribution in [-0.2, 0) is 16.8 Å². The van der Waals surface area contributed by atoms with Crippen molar-refractivity contribution in [2.75, 3.05) is 0 Å². The van der Waals surface area contributed by atoms with Gasteiger partial charge in [0.1, 0.15) is 5.75 Å². The van der Waals surface area contributed by atoms with Crippen LogP contribution >= 0.6 is 0 Å². The van der Waals surface area contributed by atoms with Crippen molar-refractivity contribution in [3.05, 3.63) is 29.8 Å². The summed E-state index contributed by atoms with van der Waals surface area (Å²) in [6.07, 6.45) is 14.2. The zero-order valence-electron chi connectivity index (χ0n) is 14.2. The van der Waals surface area contributed by atoms with Gasteiger partial charge in [-0.1, -0.05) is 76.8 Å². The number of hydrogen-bond acceptors (Lipinski definition) is 3. The smallest absolute Gasteiger partial charge is 0.362 e. The molecule has 132 valence electrons. The van der Waals surface area contributed by atoms with Crippen molar-refractivity contribution in [1.82, 2.24) is 0 Å². The molecule has 0 spiro atoms. The van der Waals surface area contributed by atoms with Crippen molar-refractivity contribution < 1.29 is 17.2 Å². The summed E-state index contributed by atoms with van der Waals surface area (Å²) in [6.45, 7) is 2.25. The third-order valence-electron chi connectivity index (χ3n) is 3.94. The van der Waals surface area contributed by atoms with E-state index >= 15 is 0 Å². The van der Waals surface area contributed by atoms with Crippen LogP contribution in [0.5, 0.6) is 5.75 Å². The van der Waals surface area contributed by atoms with Crippen LogP contribution in [0.25, 0.3) is 0 Å². The van der Waals surface area contributed by atoms with Crippen LogP contribution in [-0.4, -0.2) is 13.0 Å². The molecule has 0 aliphatic rings. The van der Waals surface area contributed by atoms with E-state index in [4.69, 9.17) is 4.55 Å². The average molecular weight is 343 g/mol. The quantitative estimate of drug-likeness (QED) is 0.388. The van der Waals surface area contributed by atoms with Crippen molar-refractivity contribution in [2.24, 2.45) is 0 Å². The molecule has 0 bridgehead atoms. The Morgan fingerprint density at radius 3 is 1.78 bits per heavy atom. The predicted molar refractivity (Wildman–Crippen MR) is 94.2 cm³/mol. The van der Waals surface area contributed by atoms with Gasteiger partial charge in [-0.25, -0.2) is 0 Å². The standard InChI is InChI=1S/C18H30O4S/c1-2-3-4-5-6-7-8-9-10-11-12-17-13-15-18(16-14-17)22-23(19,20)21/h13-16H,2-12H2,1H3,(H,19,20,21). The first kappa shape index (κ1) is 20.0. The Morgan fingerprint density at radius 2 is 1.30 bits per heavy atom. The normalized spacial score (nSPS) is 11.6. The average Bonchev–Trinajstić information content (AvgIpc) is 2.49. The van der Waals surface area contributed by atoms with Gasteiger partial charge in [-0.3, -0.25) is 4.55 Å². The summed E-state index contributed by atoms with van der Waals surface area (Å²) in [5.41, 5.74) is 1.16. The molecule has 0 aliphatic carbocycles. The lowest BCUT2D eigenvalue weighted by Gasteiger charge is -2.05. The van der Waals surface area contributed by atoms with E-state index in [0.717, 1.165) is 18.4 Å². The Morgan fingerprint density at radius 1 is 0.826 bits per heavy atom. The molecule has 23 heavy (non-hydrogen) atoms. The van der Waals surface area contributed by atoms with Gasteiger partial charge in [-0.2, -0.15) is 8.42 Å². The Kier molecular flexibility index (Phi) is 9.96. The van der Waals surface area contributed by atoms with Crippen molar-refractivity contribution in [3.63, 3.8) is 0 Å². The Labute approximate surface area is 141 Å². The number of aryl methyl sites for hydroxylation is 1. The van der Waals surface area contributed by atoms with Gasteiger partial charge in [-0.05, 0) is 30.5 Å². The summed E-state index contributed by atoms with van der Waals surface area (Å²) < 4.78 is 34.2. The largest absolute Gasteiger partial charge is 0.446 e. The molecule has 1 rings (SSSR count). The van der Waals surface area contributed by atoms with E-state index in [1.807, 2.05) is 12.1 Å². The topological polar surface area (TPSA) is 63.6 Å². The van der Waals surface area contributed by atoms with Crippen LogP contribution in [0.1, 0.15) is 76.7 Å². The predicted octanol–water partition coefficient (Wildman–Crippen LogP) is 5.33. The molecule has 0 fully saturated rings. The maximum absolute atomic E-state index is 10.6. The maximum atomic E-state index is 10.6. The van der Waals surface area contributed by atoms with Crippen LogP contribution in [0.4, 0.5) is 0 Å². The molecular formula is C18H30O4S. The number of hydrogen-bond donors (Lipinski definition) is 1. The fourth-order valence-electron chi connectivity index (χ4n) is 2.65. The van der Waals surface area contributed by atoms with Gasteiger partial charge < -0.3 is 4.18 Å². The minimum absolute atomic E-state index is 0.138. The van der Waals surface area contributed by atoms with Crippen molar-refractivity contribution in [1.29, 1.82) is 0 Å². The van der Waals surface area contributed by atoms with E-state index in [1.54, 1.807) is 12.1 Å². The Bertz CT molecular complexity index is 508. The number of rotatable bonds is 13. The highest BCUT2D eigenvalue weighted by molar-refractivity contribution is 7.81. The second-order valence-electron chi connectivity index (χ2n) is 6.09. The second-order valence-corrected chi connectivity index (χ2v) is 7.11. The SMILES string of the molecule is CCCCCCCCCCCCc1ccc(OS(=O)(=O)O)cc1. The van der Waals surface area contributed by atoms with Gasteiger partial charge in [-0.15, -0.1) is 0 Å². The molecule has 4 nitrogen and oxygen atoms in total. The van der Waals surface area contributed by atoms with Crippen molar-refractivity contribution >= 4 is 10.4 Å². The fraction of sp³-hybridized carbons (Fsp3) is 0.667. The zero-order chi connectivity index (χ0) is 17.0. The van der Waals surface area contributed by atoms with Crippen LogP contribution in [0.2, 0.25) is 0 Å². The van der Waals surface area contributed by atoms with Gasteiger partial charge in [0, 0.05) is 0 Å². The monoisotopic (exact) mass is 342 g/mol. The molecule has 0 radical (unpaired) electrons. The first-order chi connectivity index (χ1) is 11.0. The molecule has 0 unspecified atom stereocenters. The highest BCUT2D eigenvalue weighted by Crippen LogP contribution is 2.16. The summed E-state index contributed by atoms with van der Waals surface area (Å²) in [6, 6.07) is 6.82. The van der Waals surface area contributed by atoms with E-state index in [1.165, 1.54) is 57.8 Å². The molecule has 5 heteroatoms. The molecule has 0 saturated carbocycles. The Balaban J connectivity index is 2.05. The lowest BCUT2D eigenvalue weighted by atomic mass is 10.0. The molecule has 1 aromatic carbocycles. The van der Waals surface area contributed by atoms with E-state index in [2.05, 4.69) is 11.1 Å². The first-order valence-electron chi connectivity index (χ1n) is 8.77. The third kappa shape index (κ3) is 11.2. The number of unbranched alkanes of at least 4 members (excludes halogenated alkanes) is 9. The van der Waals surface area contributed by atoms with Crippen LogP contribution in [0.3, 0.4) is 0 Å². The summed E-state index contributed by atoms with van der Waals surface area (Å²) in [5.74, 6) is 0.138. The number of benzene rings is 1. The molecule has 0 heterocycles. The molecule has 0 amide bonds. The van der Waals surface area contributed by atoms with E-state index < -0.39 is 10.4 Å². The van der Waals surface area contributed by atoms with Gasteiger partial charge >= 0.3 is 10.4 Å². The highest BCUT2D eigenvalue weighted by Gasteiger charge is 2.06. The van der Waals surface area contributed by atoms with Crippen molar-refractivity contribution in [2.45, 2.75) is 77.6 Å². The fourth-order valence-corrected chi connectivity index (χ4v) is 3.00. The lowest BCUT2D eigenvalue weighted by molar-refractivity contribution is 0.387. The third-order valence-corrected chi connectivity index (χ3v) is 4.35. The summed E-state index contributed by atoms with van der Waals surface area (Å²) in [5, 5.41) is 0. The molecule has 0 saturated heterocycles. The highest BCUT2D eigenvalue weighted by atomic mass is 32.3. The van der Waals surface area contributed by atoms with Gasteiger partial charge in [0.05, 0.1) is 0 Å². The first-order valence-corrected chi connectivity index (χ1v) is 10.1. The molecule has 1 aromatic rings. The van der Waals surface area contributed by atoms with Crippen LogP contribution in [0.15, 0.2) is 24.3 Å². The molecule has 0 aromatic heterocycles. The van der Waals surface area contributed by atoms with Gasteiger partial charge in [0.2, 0.25) is 0 Å². The van der Waals surface area contributed by atoms with Gasteiger partial charge in [0.15, 0.2) is 0 Å². The molecule has 0 atom stereocenters. The van der Waals surface area contributed by atoms with Crippen LogP contribution < -0.4 is 4.18 Å². The summed E-state index contributed by atoms with van der Waals surface area (Å²) in [7, 11) is -4.43. The molecule has 0 aliphatic heterocycles. The zero-order valence-corrected chi connectivity index (χ0v) is 15.0. The van der Waals surface area contributed by atoms with Gasteiger partial charge in [0.25, 0.3) is 0 Å². The minimum atomic E-state index is -4.43. The van der Waals surface area contributed by atoms with Crippen LogP contribution in [0, 0.1) is 0 Å². The lowest BCUT2D eigenvalue weighted by Crippen LogP contribution is -2.06. The maximum Gasteiger partial charge on any atom is 0.446 e. The molecule has 1 N–H and O–H groups in total. The minimum Gasteiger partial charge on any atom is -0.362 e. The van der Waals surface area contributed by atoms with E-state index in [9.17, 15) is 8.42 Å². The van der Waals surface area contributed by atoms with E-state index in [-0.39, 0.29) is 5.75 Å². The summed E-state index contributed by atoms with van der Waals surface area (Å²) >= 11 is 0. The van der Waals surface area contributed by atoms with E-state index in [0.29, 0.717) is 0 Å². The summed E-state index contributed by atoms with van der Waals surface area (Å²) in [4.78, 5) is 0. The van der Waals surface area contributed by atoms with Crippen molar-refractivity contribution in [3.8, 4) is 5.75 Å². The molecular weight excluding hydrogens is 312 g/mol. The Hall–Kier alpha value is -1.07.